The van der Waals surface area contributed by atoms with Crippen LogP contribution in [0.4, 0.5) is 5.69 Å². The van der Waals surface area contributed by atoms with Gasteiger partial charge in [-0.15, -0.1) is 0 Å². The predicted octanol–water partition coefficient (Wildman–Crippen LogP) is 2.93. The van der Waals surface area contributed by atoms with Crippen molar-refractivity contribution in [1.82, 2.24) is 9.80 Å². The van der Waals surface area contributed by atoms with Crippen molar-refractivity contribution in [1.29, 1.82) is 0 Å². The van der Waals surface area contributed by atoms with Crippen LogP contribution in [0.2, 0.25) is 0 Å². The molecule has 0 bridgehead atoms. The lowest BCUT2D eigenvalue weighted by Gasteiger charge is -2.28. The van der Waals surface area contributed by atoms with Crippen LogP contribution in [0.3, 0.4) is 0 Å². The van der Waals surface area contributed by atoms with Crippen molar-refractivity contribution in [2.45, 2.75) is 13.8 Å². The Hall–Kier alpha value is -2.96. The smallest absolute Gasteiger partial charge is 0.278 e. The summed E-state index contributed by atoms with van der Waals surface area (Å²) in [7, 11) is 0. The topological polar surface area (TPSA) is 53.1 Å². The van der Waals surface area contributed by atoms with E-state index in [1.165, 1.54) is 4.90 Å². The fourth-order valence-corrected chi connectivity index (χ4v) is 4.14. The minimum atomic E-state index is -0.223. The van der Waals surface area contributed by atoms with Crippen LogP contribution < -0.4 is 4.90 Å². The lowest BCUT2D eigenvalue weighted by molar-refractivity contribution is -0.137. The van der Waals surface area contributed by atoms with E-state index in [9.17, 15) is 9.59 Å². The Morgan fingerprint density at radius 2 is 1.58 bits per heavy atom. The molecular weight excluding hydrogens is 390 g/mol. The van der Waals surface area contributed by atoms with E-state index < -0.39 is 0 Å². The van der Waals surface area contributed by atoms with E-state index >= 15 is 0 Å². The Bertz CT molecular complexity index is 963. The van der Waals surface area contributed by atoms with Gasteiger partial charge in [-0.25, -0.2) is 0 Å². The molecule has 0 aromatic heterocycles. The molecule has 2 aliphatic heterocycles. The molecule has 2 aromatic rings. The molecule has 2 heterocycles. The van der Waals surface area contributed by atoms with Gasteiger partial charge >= 0.3 is 0 Å². The van der Waals surface area contributed by atoms with Gasteiger partial charge in [0, 0.05) is 38.4 Å². The summed E-state index contributed by atoms with van der Waals surface area (Å²) in [4.78, 5) is 32.7. The maximum absolute atomic E-state index is 13.6. The Morgan fingerprint density at radius 3 is 2.23 bits per heavy atom. The molecule has 0 unspecified atom stereocenters. The number of carbonyl (C=O) groups excluding carboxylic acids is 2. The monoisotopic (exact) mass is 419 g/mol. The number of rotatable bonds is 7. The minimum absolute atomic E-state index is 0.216. The third kappa shape index (κ3) is 4.40. The molecule has 0 atom stereocenters. The molecule has 2 amide bonds. The van der Waals surface area contributed by atoms with Crippen LogP contribution in [0.1, 0.15) is 18.1 Å². The van der Waals surface area contributed by atoms with E-state index in [4.69, 9.17) is 4.74 Å². The molecule has 0 N–H and O–H groups in total. The molecule has 2 aliphatic rings. The SMILES string of the molecule is CCN(C1=C(c2ccc(C)cc2)C(=O)N(CCN2CCOCC2)C1=O)c1ccccc1. The zero-order chi connectivity index (χ0) is 21.8. The Morgan fingerprint density at radius 1 is 0.903 bits per heavy atom. The van der Waals surface area contributed by atoms with Gasteiger partial charge in [-0.2, -0.15) is 0 Å². The average molecular weight is 420 g/mol. The van der Waals surface area contributed by atoms with Crippen molar-refractivity contribution >= 4 is 23.1 Å². The van der Waals surface area contributed by atoms with Crippen LogP contribution in [-0.4, -0.2) is 67.6 Å². The number of hydrogen-bond acceptors (Lipinski definition) is 5. The second-order valence-corrected chi connectivity index (χ2v) is 7.89. The summed E-state index contributed by atoms with van der Waals surface area (Å²) in [6.45, 7) is 8.67. The number of amides is 2. The van der Waals surface area contributed by atoms with Crippen LogP contribution >= 0.6 is 0 Å². The molecule has 1 saturated heterocycles. The molecule has 1 fully saturated rings. The van der Waals surface area contributed by atoms with Crippen LogP contribution in [0, 0.1) is 6.92 Å². The summed E-state index contributed by atoms with van der Waals surface area (Å²) in [5.41, 5.74) is 3.74. The largest absolute Gasteiger partial charge is 0.379 e. The predicted molar refractivity (Wildman–Crippen MR) is 122 cm³/mol. The standard InChI is InChI=1S/C25H29N3O3/c1-3-27(21-7-5-4-6-8-21)23-22(20-11-9-19(2)10-12-20)24(29)28(25(23)30)14-13-26-15-17-31-18-16-26/h4-12H,3,13-18H2,1-2H3. The van der Waals surface area contributed by atoms with Gasteiger partial charge in [0.05, 0.1) is 18.8 Å². The Labute approximate surface area is 183 Å². The molecule has 0 aliphatic carbocycles. The number of ether oxygens (including phenoxy) is 1. The number of hydrogen-bond donors (Lipinski definition) is 0. The molecule has 6 heteroatoms. The summed E-state index contributed by atoms with van der Waals surface area (Å²) in [6.07, 6.45) is 0. The molecule has 162 valence electrons. The lowest BCUT2D eigenvalue weighted by Crippen LogP contribution is -2.44. The maximum Gasteiger partial charge on any atom is 0.278 e. The highest BCUT2D eigenvalue weighted by molar-refractivity contribution is 6.36. The highest BCUT2D eigenvalue weighted by Crippen LogP contribution is 2.34. The molecule has 31 heavy (non-hydrogen) atoms. The highest BCUT2D eigenvalue weighted by Gasteiger charge is 2.41. The second kappa shape index (κ2) is 9.45. The molecule has 6 nitrogen and oxygen atoms in total. The number of benzene rings is 2. The van der Waals surface area contributed by atoms with Gasteiger partial charge in [0.1, 0.15) is 5.70 Å². The van der Waals surface area contributed by atoms with E-state index in [0.29, 0.717) is 44.1 Å². The van der Waals surface area contributed by atoms with E-state index in [-0.39, 0.29) is 11.8 Å². The molecule has 0 radical (unpaired) electrons. The Balaban J connectivity index is 1.69. The van der Waals surface area contributed by atoms with Crippen LogP contribution in [0.5, 0.6) is 0 Å². The third-order valence-corrected chi connectivity index (χ3v) is 5.88. The number of para-hydroxylation sites is 1. The molecular formula is C25H29N3O3. The summed E-state index contributed by atoms with van der Waals surface area (Å²) < 4.78 is 5.41. The van der Waals surface area contributed by atoms with Gasteiger partial charge in [-0.3, -0.25) is 19.4 Å². The van der Waals surface area contributed by atoms with E-state index in [1.807, 2.05) is 73.3 Å². The summed E-state index contributed by atoms with van der Waals surface area (Å²) >= 11 is 0. The van der Waals surface area contributed by atoms with Gasteiger partial charge in [-0.05, 0) is 31.5 Å². The fraction of sp³-hybridized carbons (Fsp3) is 0.360. The van der Waals surface area contributed by atoms with Crippen LogP contribution in [0.15, 0.2) is 60.3 Å². The normalized spacial score (nSPS) is 17.5. The quantitative estimate of drug-likeness (QED) is 0.646. The van der Waals surface area contributed by atoms with Gasteiger partial charge < -0.3 is 9.64 Å². The summed E-state index contributed by atoms with van der Waals surface area (Å²) in [5, 5.41) is 0. The summed E-state index contributed by atoms with van der Waals surface area (Å²) in [5.74, 6) is -0.439. The first-order valence-electron chi connectivity index (χ1n) is 10.9. The number of morpholine rings is 1. The number of anilines is 1. The molecule has 0 saturated carbocycles. The van der Waals surface area contributed by atoms with E-state index in [0.717, 1.165) is 29.9 Å². The molecule has 2 aromatic carbocycles. The Kier molecular flexibility index (Phi) is 6.49. The second-order valence-electron chi connectivity index (χ2n) is 7.89. The van der Waals surface area contributed by atoms with Crippen molar-refractivity contribution in [3.05, 3.63) is 71.4 Å². The first kappa shape index (κ1) is 21.3. The summed E-state index contributed by atoms with van der Waals surface area (Å²) in [6, 6.07) is 17.6. The van der Waals surface area contributed by atoms with Crippen molar-refractivity contribution in [3.63, 3.8) is 0 Å². The maximum atomic E-state index is 13.6. The highest BCUT2D eigenvalue weighted by atomic mass is 16.5. The zero-order valence-corrected chi connectivity index (χ0v) is 18.2. The van der Waals surface area contributed by atoms with E-state index in [1.54, 1.807) is 0 Å². The van der Waals surface area contributed by atoms with Gasteiger partial charge in [-0.1, -0.05) is 48.0 Å². The first-order chi connectivity index (χ1) is 15.1. The van der Waals surface area contributed by atoms with Gasteiger partial charge in [0.25, 0.3) is 11.8 Å². The molecule has 0 spiro atoms. The van der Waals surface area contributed by atoms with Crippen LogP contribution in [0.25, 0.3) is 5.57 Å². The van der Waals surface area contributed by atoms with Gasteiger partial charge in [0.2, 0.25) is 0 Å². The van der Waals surface area contributed by atoms with Crippen molar-refractivity contribution in [3.8, 4) is 0 Å². The number of imide groups is 1. The fourth-order valence-electron chi connectivity index (χ4n) is 4.14. The molecule has 4 rings (SSSR count). The van der Waals surface area contributed by atoms with Gasteiger partial charge in [0.15, 0.2) is 0 Å². The van der Waals surface area contributed by atoms with Crippen molar-refractivity contribution < 1.29 is 14.3 Å². The number of nitrogens with zero attached hydrogens (tertiary/aromatic N) is 3. The average Bonchev–Trinajstić information content (AvgIpc) is 3.05. The first-order valence-corrected chi connectivity index (χ1v) is 10.9. The van der Waals surface area contributed by atoms with Crippen molar-refractivity contribution in [2.24, 2.45) is 0 Å². The van der Waals surface area contributed by atoms with Crippen LogP contribution in [-0.2, 0) is 14.3 Å². The number of carbonyl (C=O) groups is 2. The third-order valence-electron chi connectivity index (χ3n) is 5.88. The van der Waals surface area contributed by atoms with E-state index in [2.05, 4.69) is 4.90 Å². The number of aryl methyl sites for hydroxylation is 1. The minimum Gasteiger partial charge on any atom is -0.379 e. The zero-order valence-electron chi connectivity index (χ0n) is 18.2. The van der Waals surface area contributed by atoms with Crippen molar-refractivity contribution in [2.75, 3.05) is 50.8 Å². The lowest BCUT2D eigenvalue weighted by atomic mass is 10.0. The number of likely N-dealkylation sites (N-methyl/N-ethyl adjacent to an activating group) is 1.